The van der Waals surface area contributed by atoms with E-state index in [2.05, 4.69) is 12.2 Å². The van der Waals surface area contributed by atoms with E-state index in [0.717, 1.165) is 38.4 Å². The third kappa shape index (κ3) is 5.00. The molecular weight excluding hydrogens is 244 g/mol. The fraction of sp³-hybridized carbons (Fsp3) is 0.538. The number of nitrogens with one attached hydrogen (secondary N) is 1. The van der Waals surface area contributed by atoms with Crippen LogP contribution in [0.4, 0.5) is 8.78 Å². The lowest BCUT2D eigenvalue weighted by atomic mass is 10.1. The molecule has 0 saturated carbocycles. The number of unbranched alkanes of at least 4 members (excludes halogenated alkanes) is 1. The van der Waals surface area contributed by atoms with Crippen LogP contribution in [-0.2, 0) is 6.42 Å². The minimum absolute atomic E-state index is 0.311. The van der Waals surface area contributed by atoms with Gasteiger partial charge >= 0.3 is 0 Å². The Kier molecular flexibility index (Phi) is 6.45. The normalized spacial score (nSPS) is 10.8. The van der Waals surface area contributed by atoms with Crippen molar-refractivity contribution in [1.29, 1.82) is 0 Å². The Bertz CT molecular complexity index is 356. The molecular formula is C13H18ClF2N. The Balaban J connectivity index is 2.34. The van der Waals surface area contributed by atoms with Gasteiger partial charge in [0.25, 0.3) is 0 Å². The first-order chi connectivity index (χ1) is 8.15. The van der Waals surface area contributed by atoms with Gasteiger partial charge in [-0.15, -0.1) is 0 Å². The van der Waals surface area contributed by atoms with Crippen molar-refractivity contribution in [3.63, 3.8) is 0 Å². The van der Waals surface area contributed by atoms with Crippen LogP contribution in [0.1, 0.15) is 31.7 Å². The van der Waals surface area contributed by atoms with Crippen molar-refractivity contribution in [3.05, 3.63) is 34.4 Å². The van der Waals surface area contributed by atoms with E-state index in [1.165, 1.54) is 6.07 Å². The van der Waals surface area contributed by atoms with E-state index in [4.69, 9.17) is 11.6 Å². The first-order valence-electron chi connectivity index (χ1n) is 5.99. The van der Waals surface area contributed by atoms with Crippen molar-refractivity contribution in [3.8, 4) is 0 Å². The van der Waals surface area contributed by atoms with Crippen LogP contribution in [0.15, 0.2) is 12.1 Å². The Morgan fingerprint density at radius 1 is 1.12 bits per heavy atom. The highest BCUT2D eigenvalue weighted by Crippen LogP contribution is 2.21. The maximum Gasteiger partial charge on any atom is 0.160 e. The second-order valence-corrected chi connectivity index (χ2v) is 4.47. The average molecular weight is 262 g/mol. The van der Waals surface area contributed by atoms with Crippen LogP contribution in [0.25, 0.3) is 0 Å². The summed E-state index contributed by atoms with van der Waals surface area (Å²) in [5.74, 6) is -1.71. The summed E-state index contributed by atoms with van der Waals surface area (Å²) in [4.78, 5) is 0. The highest BCUT2D eigenvalue weighted by Gasteiger charge is 2.07. The number of hydrogen-bond donors (Lipinski definition) is 1. The molecule has 0 unspecified atom stereocenters. The Labute approximate surface area is 106 Å². The van der Waals surface area contributed by atoms with E-state index in [-0.39, 0.29) is 0 Å². The lowest BCUT2D eigenvalue weighted by Crippen LogP contribution is -2.15. The van der Waals surface area contributed by atoms with Gasteiger partial charge in [0.05, 0.1) is 0 Å². The summed E-state index contributed by atoms with van der Waals surface area (Å²) in [6.45, 7) is 4.09. The van der Waals surface area contributed by atoms with Crippen molar-refractivity contribution in [2.45, 2.75) is 32.6 Å². The van der Waals surface area contributed by atoms with Crippen molar-refractivity contribution in [2.24, 2.45) is 0 Å². The minimum Gasteiger partial charge on any atom is -0.317 e. The van der Waals surface area contributed by atoms with E-state index < -0.39 is 11.6 Å². The van der Waals surface area contributed by atoms with Crippen LogP contribution in [0.2, 0.25) is 5.02 Å². The van der Waals surface area contributed by atoms with Gasteiger partial charge in [0.1, 0.15) is 0 Å². The number of rotatable bonds is 7. The van der Waals surface area contributed by atoms with Gasteiger partial charge < -0.3 is 5.32 Å². The standard InChI is InChI=1S/C13H18ClF2N/c1-2-6-17-7-4-3-5-10-8-12(15)13(16)9-11(10)14/h8-9,17H,2-7H2,1H3. The quantitative estimate of drug-likeness (QED) is 0.579. The van der Waals surface area contributed by atoms with E-state index in [9.17, 15) is 8.78 Å². The molecule has 0 spiro atoms. The molecule has 0 fully saturated rings. The Morgan fingerprint density at radius 2 is 1.82 bits per heavy atom. The zero-order valence-corrected chi connectivity index (χ0v) is 10.8. The molecule has 0 radical (unpaired) electrons. The highest BCUT2D eigenvalue weighted by molar-refractivity contribution is 6.31. The van der Waals surface area contributed by atoms with Gasteiger partial charge in [0.15, 0.2) is 11.6 Å². The summed E-state index contributed by atoms with van der Waals surface area (Å²) in [6.07, 6.45) is 3.73. The summed E-state index contributed by atoms with van der Waals surface area (Å²) in [7, 11) is 0. The fourth-order valence-electron chi connectivity index (χ4n) is 1.62. The van der Waals surface area contributed by atoms with Gasteiger partial charge in [-0.3, -0.25) is 0 Å². The fourth-order valence-corrected chi connectivity index (χ4v) is 1.87. The molecule has 17 heavy (non-hydrogen) atoms. The molecule has 1 aromatic carbocycles. The summed E-state index contributed by atoms with van der Waals surface area (Å²) in [5.41, 5.74) is 0.682. The van der Waals surface area contributed by atoms with Gasteiger partial charge in [-0.1, -0.05) is 18.5 Å². The van der Waals surface area contributed by atoms with Crippen LogP contribution in [0.5, 0.6) is 0 Å². The van der Waals surface area contributed by atoms with Gasteiger partial charge in [-0.05, 0) is 56.5 Å². The molecule has 4 heteroatoms. The van der Waals surface area contributed by atoms with Gasteiger partial charge in [-0.2, -0.15) is 0 Å². The van der Waals surface area contributed by atoms with Crippen LogP contribution >= 0.6 is 11.6 Å². The second-order valence-electron chi connectivity index (χ2n) is 4.06. The average Bonchev–Trinajstić information content (AvgIpc) is 2.30. The first-order valence-corrected chi connectivity index (χ1v) is 6.37. The van der Waals surface area contributed by atoms with E-state index in [1.807, 2.05) is 0 Å². The monoisotopic (exact) mass is 261 g/mol. The highest BCUT2D eigenvalue weighted by atomic mass is 35.5. The smallest absolute Gasteiger partial charge is 0.160 e. The molecule has 0 aromatic heterocycles. The zero-order chi connectivity index (χ0) is 12.7. The largest absolute Gasteiger partial charge is 0.317 e. The number of halogens is 3. The van der Waals surface area contributed by atoms with Crippen molar-refractivity contribution >= 4 is 11.6 Å². The predicted octanol–water partition coefficient (Wildman–Crippen LogP) is 3.94. The molecule has 0 saturated heterocycles. The molecule has 0 atom stereocenters. The number of hydrogen-bond acceptors (Lipinski definition) is 1. The lowest BCUT2D eigenvalue weighted by Gasteiger charge is -2.06. The van der Waals surface area contributed by atoms with E-state index in [0.29, 0.717) is 17.0 Å². The maximum absolute atomic E-state index is 13.0. The summed E-state index contributed by atoms with van der Waals surface area (Å²) < 4.78 is 25.8. The third-order valence-corrected chi connectivity index (χ3v) is 2.92. The molecule has 96 valence electrons. The topological polar surface area (TPSA) is 12.0 Å². The molecule has 1 N–H and O–H groups in total. The zero-order valence-electron chi connectivity index (χ0n) is 10.0. The number of benzene rings is 1. The molecule has 0 aliphatic carbocycles. The maximum atomic E-state index is 13.0. The summed E-state index contributed by atoms with van der Waals surface area (Å²) in [5, 5.41) is 3.60. The van der Waals surface area contributed by atoms with Crippen molar-refractivity contribution in [2.75, 3.05) is 13.1 Å². The first kappa shape index (κ1) is 14.4. The third-order valence-electron chi connectivity index (χ3n) is 2.57. The molecule has 0 bridgehead atoms. The van der Waals surface area contributed by atoms with Gasteiger partial charge in [0, 0.05) is 5.02 Å². The molecule has 0 aliphatic heterocycles. The predicted molar refractivity (Wildman–Crippen MR) is 67.5 cm³/mol. The molecule has 0 heterocycles. The second kappa shape index (κ2) is 7.62. The van der Waals surface area contributed by atoms with E-state index >= 15 is 0 Å². The molecule has 1 nitrogen and oxygen atoms in total. The lowest BCUT2D eigenvalue weighted by molar-refractivity contribution is 0.506. The van der Waals surface area contributed by atoms with Gasteiger partial charge in [-0.25, -0.2) is 8.78 Å². The SMILES string of the molecule is CCCNCCCCc1cc(F)c(F)cc1Cl. The van der Waals surface area contributed by atoms with Crippen LogP contribution in [-0.4, -0.2) is 13.1 Å². The Hall–Kier alpha value is -0.670. The van der Waals surface area contributed by atoms with Crippen LogP contribution in [0.3, 0.4) is 0 Å². The van der Waals surface area contributed by atoms with Gasteiger partial charge in [0.2, 0.25) is 0 Å². The molecule has 1 aromatic rings. The molecule has 0 amide bonds. The number of aryl methyl sites for hydroxylation is 1. The summed E-state index contributed by atoms with van der Waals surface area (Å²) >= 11 is 5.84. The molecule has 1 rings (SSSR count). The Morgan fingerprint density at radius 3 is 2.53 bits per heavy atom. The molecule has 0 aliphatic rings. The van der Waals surface area contributed by atoms with Crippen LogP contribution in [0, 0.1) is 11.6 Å². The minimum atomic E-state index is -0.886. The summed E-state index contributed by atoms with van der Waals surface area (Å²) in [6, 6.07) is 2.23. The van der Waals surface area contributed by atoms with Crippen molar-refractivity contribution in [1.82, 2.24) is 5.32 Å². The van der Waals surface area contributed by atoms with Crippen LogP contribution < -0.4 is 5.32 Å². The van der Waals surface area contributed by atoms with E-state index in [1.54, 1.807) is 0 Å². The van der Waals surface area contributed by atoms with Crippen molar-refractivity contribution < 1.29 is 8.78 Å².